The first-order chi connectivity index (χ1) is 7.14. The Bertz CT molecular complexity index is 195. The van der Waals surface area contributed by atoms with Gasteiger partial charge in [-0.2, -0.15) is 0 Å². The second-order valence-corrected chi connectivity index (χ2v) is 3.93. The number of hydrogen-bond donors (Lipinski definition) is 1. The summed E-state index contributed by atoms with van der Waals surface area (Å²) in [5.41, 5.74) is -0.269. The third kappa shape index (κ3) is 4.98. The van der Waals surface area contributed by atoms with Crippen LogP contribution in [0.3, 0.4) is 0 Å². The molecule has 0 spiro atoms. The molecule has 0 radical (unpaired) electrons. The SMILES string of the molecule is C=CC(=O)OCC(CC)(CO)CCCC. The van der Waals surface area contributed by atoms with Crippen LogP contribution in [0, 0.1) is 5.41 Å². The van der Waals surface area contributed by atoms with Crippen LogP contribution in [0.1, 0.15) is 39.5 Å². The molecule has 0 saturated carbocycles. The van der Waals surface area contributed by atoms with Crippen molar-refractivity contribution in [2.24, 2.45) is 5.41 Å². The van der Waals surface area contributed by atoms with E-state index in [9.17, 15) is 9.90 Å². The summed E-state index contributed by atoms with van der Waals surface area (Å²) >= 11 is 0. The van der Waals surface area contributed by atoms with Gasteiger partial charge in [-0.05, 0) is 12.8 Å². The van der Waals surface area contributed by atoms with E-state index in [4.69, 9.17) is 4.74 Å². The number of ether oxygens (including phenoxy) is 1. The zero-order chi connectivity index (χ0) is 11.7. The Morgan fingerprint density at radius 1 is 1.53 bits per heavy atom. The smallest absolute Gasteiger partial charge is 0.330 e. The Hall–Kier alpha value is -0.830. The largest absolute Gasteiger partial charge is 0.462 e. The first-order valence-electron chi connectivity index (χ1n) is 5.54. The highest BCUT2D eigenvalue weighted by atomic mass is 16.5. The van der Waals surface area contributed by atoms with E-state index in [1.807, 2.05) is 6.92 Å². The van der Waals surface area contributed by atoms with E-state index in [0.717, 1.165) is 31.8 Å². The molecule has 0 saturated heterocycles. The van der Waals surface area contributed by atoms with Crippen LogP contribution in [-0.2, 0) is 9.53 Å². The lowest BCUT2D eigenvalue weighted by atomic mass is 9.82. The Morgan fingerprint density at radius 3 is 2.60 bits per heavy atom. The van der Waals surface area contributed by atoms with Crippen LogP contribution in [0.15, 0.2) is 12.7 Å². The van der Waals surface area contributed by atoms with Gasteiger partial charge in [-0.1, -0.05) is 33.3 Å². The fourth-order valence-electron chi connectivity index (χ4n) is 1.42. The third-order valence-electron chi connectivity index (χ3n) is 2.83. The van der Waals surface area contributed by atoms with Gasteiger partial charge in [0, 0.05) is 11.5 Å². The Kier molecular flexibility index (Phi) is 7.05. The number of carbonyl (C=O) groups is 1. The average Bonchev–Trinajstić information content (AvgIpc) is 2.30. The predicted molar refractivity (Wildman–Crippen MR) is 60.5 cm³/mol. The van der Waals surface area contributed by atoms with E-state index in [-0.39, 0.29) is 18.6 Å². The van der Waals surface area contributed by atoms with Gasteiger partial charge < -0.3 is 9.84 Å². The molecule has 3 nitrogen and oxygen atoms in total. The fourth-order valence-corrected chi connectivity index (χ4v) is 1.42. The minimum atomic E-state index is -0.419. The van der Waals surface area contributed by atoms with Gasteiger partial charge in [0.2, 0.25) is 0 Å². The zero-order valence-electron chi connectivity index (χ0n) is 9.79. The predicted octanol–water partition coefficient (Wildman–Crippen LogP) is 2.29. The van der Waals surface area contributed by atoms with Crippen molar-refractivity contribution in [2.75, 3.05) is 13.2 Å². The van der Waals surface area contributed by atoms with Crippen molar-refractivity contribution in [2.45, 2.75) is 39.5 Å². The van der Waals surface area contributed by atoms with Crippen molar-refractivity contribution in [1.82, 2.24) is 0 Å². The molecule has 0 aromatic heterocycles. The lowest BCUT2D eigenvalue weighted by molar-refractivity contribution is -0.142. The number of aliphatic hydroxyl groups excluding tert-OH is 1. The monoisotopic (exact) mass is 214 g/mol. The highest BCUT2D eigenvalue weighted by molar-refractivity contribution is 5.81. The van der Waals surface area contributed by atoms with E-state index in [0.29, 0.717) is 0 Å². The maximum atomic E-state index is 10.9. The summed E-state index contributed by atoms with van der Waals surface area (Å²) in [6.07, 6.45) is 4.98. The highest BCUT2D eigenvalue weighted by Crippen LogP contribution is 2.28. The van der Waals surface area contributed by atoms with Gasteiger partial charge in [-0.25, -0.2) is 4.79 Å². The van der Waals surface area contributed by atoms with Gasteiger partial charge in [0.1, 0.15) is 0 Å². The van der Waals surface area contributed by atoms with Gasteiger partial charge in [-0.15, -0.1) is 0 Å². The van der Waals surface area contributed by atoms with Crippen molar-refractivity contribution in [3.63, 3.8) is 0 Å². The van der Waals surface area contributed by atoms with E-state index in [2.05, 4.69) is 13.5 Å². The molecule has 0 aliphatic heterocycles. The van der Waals surface area contributed by atoms with Crippen LogP contribution in [0.2, 0.25) is 0 Å². The van der Waals surface area contributed by atoms with Crippen LogP contribution in [0.4, 0.5) is 0 Å². The van der Waals surface area contributed by atoms with Gasteiger partial charge in [0.25, 0.3) is 0 Å². The summed E-state index contributed by atoms with van der Waals surface area (Å²) < 4.78 is 5.02. The van der Waals surface area contributed by atoms with Crippen LogP contribution in [-0.4, -0.2) is 24.3 Å². The Morgan fingerprint density at radius 2 is 2.20 bits per heavy atom. The molecular formula is C12H22O3. The van der Waals surface area contributed by atoms with Crippen molar-refractivity contribution < 1.29 is 14.6 Å². The van der Waals surface area contributed by atoms with Crippen molar-refractivity contribution >= 4 is 5.97 Å². The number of hydrogen-bond acceptors (Lipinski definition) is 3. The number of unbranched alkanes of at least 4 members (excludes halogenated alkanes) is 1. The number of carbonyl (C=O) groups excluding carboxylic acids is 1. The molecule has 0 bridgehead atoms. The van der Waals surface area contributed by atoms with Crippen molar-refractivity contribution in [1.29, 1.82) is 0 Å². The molecule has 0 heterocycles. The van der Waals surface area contributed by atoms with Gasteiger partial charge in [0.15, 0.2) is 0 Å². The number of rotatable bonds is 8. The zero-order valence-corrected chi connectivity index (χ0v) is 9.79. The van der Waals surface area contributed by atoms with E-state index in [1.54, 1.807) is 0 Å². The first-order valence-corrected chi connectivity index (χ1v) is 5.54. The van der Waals surface area contributed by atoms with E-state index >= 15 is 0 Å². The minimum Gasteiger partial charge on any atom is -0.462 e. The van der Waals surface area contributed by atoms with Crippen LogP contribution < -0.4 is 0 Å². The van der Waals surface area contributed by atoms with Crippen LogP contribution in [0.25, 0.3) is 0 Å². The van der Waals surface area contributed by atoms with E-state index < -0.39 is 5.97 Å². The summed E-state index contributed by atoms with van der Waals surface area (Å²) in [5, 5.41) is 9.37. The second kappa shape index (κ2) is 7.46. The normalized spacial score (nSPS) is 14.3. The summed E-state index contributed by atoms with van der Waals surface area (Å²) in [7, 11) is 0. The highest BCUT2D eigenvalue weighted by Gasteiger charge is 2.28. The number of esters is 1. The van der Waals surface area contributed by atoms with Gasteiger partial charge in [0.05, 0.1) is 13.2 Å². The summed E-state index contributed by atoms with van der Waals surface area (Å²) in [4.78, 5) is 10.9. The Labute approximate surface area is 92.1 Å². The molecule has 88 valence electrons. The minimum absolute atomic E-state index is 0.0634. The van der Waals surface area contributed by atoms with Gasteiger partial charge >= 0.3 is 5.97 Å². The van der Waals surface area contributed by atoms with Crippen LogP contribution >= 0.6 is 0 Å². The van der Waals surface area contributed by atoms with Crippen molar-refractivity contribution in [3.05, 3.63) is 12.7 Å². The maximum absolute atomic E-state index is 10.9. The average molecular weight is 214 g/mol. The first kappa shape index (κ1) is 14.2. The molecule has 1 N–H and O–H groups in total. The van der Waals surface area contributed by atoms with Crippen LogP contribution in [0.5, 0.6) is 0 Å². The molecule has 3 heteroatoms. The molecule has 0 aromatic carbocycles. The molecule has 15 heavy (non-hydrogen) atoms. The summed E-state index contributed by atoms with van der Waals surface area (Å²) in [6, 6.07) is 0. The third-order valence-corrected chi connectivity index (χ3v) is 2.83. The second-order valence-electron chi connectivity index (χ2n) is 3.93. The molecule has 0 amide bonds. The molecular weight excluding hydrogens is 192 g/mol. The lowest BCUT2D eigenvalue weighted by Gasteiger charge is -2.29. The standard InChI is InChI=1S/C12H22O3/c1-4-7-8-12(6-3,9-13)10-15-11(14)5-2/h5,13H,2,4,6-10H2,1,3H3. The topological polar surface area (TPSA) is 46.5 Å². The van der Waals surface area contributed by atoms with E-state index in [1.165, 1.54) is 0 Å². The lowest BCUT2D eigenvalue weighted by Crippen LogP contribution is -2.31. The fraction of sp³-hybridized carbons (Fsp3) is 0.750. The number of aliphatic hydroxyl groups is 1. The molecule has 0 rings (SSSR count). The molecule has 0 fully saturated rings. The summed E-state index contributed by atoms with van der Waals surface area (Å²) in [6.45, 7) is 7.80. The molecule has 1 atom stereocenters. The molecule has 0 aromatic rings. The Balaban J connectivity index is 4.22. The summed E-state index contributed by atoms with van der Waals surface area (Å²) in [5.74, 6) is -0.419. The maximum Gasteiger partial charge on any atom is 0.330 e. The van der Waals surface area contributed by atoms with Gasteiger partial charge in [-0.3, -0.25) is 0 Å². The quantitative estimate of drug-likeness (QED) is 0.498. The molecule has 1 unspecified atom stereocenters. The van der Waals surface area contributed by atoms with Crippen molar-refractivity contribution in [3.8, 4) is 0 Å². The molecule has 0 aliphatic rings. The molecule has 0 aliphatic carbocycles.